The average molecular weight is 389 g/mol. The molecule has 3 aromatic carbocycles. The average Bonchev–Trinajstić information content (AvgIpc) is 2.70. The molecule has 0 aromatic heterocycles. The molecule has 0 bridgehead atoms. The van der Waals surface area contributed by atoms with Gasteiger partial charge in [-0.2, -0.15) is 0 Å². The first kappa shape index (κ1) is 19.8. The molecule has 7 nitrogen and oxygen atoms in total. The van der Waals surface area contributed by atoms with Gasteiger partial charge in [-0.15, -0.1) is 0 Å². The molecule has 3 rings (SSSR count). The van der Waals surface area contributed by atoms with Crippen LogP contribution in [0.4, 0.5) is 17.1 Å². The predicted molar refractivity (Wildman–Crippen MR) is 111 cm³/mol. The second-order valence-electron chi connectivity index (χ2n) is 6.50. The third-order valence-corrected chi connectivity index (χ3v) is 4.32. The number of carbonyl (C=O) groups is 2. The Balaban J connectivity index is 1.64. The van der Waals surface area contributed by atoms with Crippen LogP contribution in [0.5, 0.6) is 0 Å². The van der Waals surface area contributed by atoms with Crippen molar-refractivity contribution in [2.24, 2.45) is 0 Å². The highest BCUT2D eigenvalue weighted by Gasteiger charge is 2.13. The molecule has 0 aliphatic heterocycles. The molecular weight excluding hydrogens is 370 g/mol. The van der Waals surface area contributed by atoms with E-state index in [9.17, 15) is 19.7 Å². The molecule has 2 amide bonds. The molecule has 0 saturated heterocycles. The van der Waals surface area contributed by atoms with Crippen molar-refractivity contribution < 1.29 is 14.5 Å². The molecule has 0 aliphatic carbocycles. The van der Waals surface area contributed by atoms with Crippen LogP contribution in [-0.4, -0.2) is 16.7 Å². The van der Waals surface area contributed by atoms with Crippen LogP contribution >= 0.6 is 0 Å². The van der Waals surface area contributed by atoms with Crippen molar-refractivity contribution >= 4 is 28.9 Å². The van der Waals surface area contributed by atoms with Crippen molar-refractivity contribution in [1.82, 2.24) is 0 Å². The van der Waals surface area contributed by atoms with E-state index in [1.807, 2.05) is 30.3 Å². The maximum atomic E-state index is 12.5. The molecule has 0 atom stereocenters. The molecular formula is C22H19N3O4. The number of benzene rings is 3. The Hall–Kier alpha value is -4.00. The Labute approximate surface area is 167 Å². The number of rotatable bonds is 6. The number of nitro groups is 1. The molecule has 146 valence electrons. The minimum atomic E-state index is -0.512. The molecule has 2 N–H and O–H groups in total. The van der Waals surface area contributed by atoms with Crippen LogP contribution in [0.2, 0.25) is 0 Å². The van der Waals surface area contributed by atoms with E-state index in [1.54, 1.807) is 37.3 Å². The maximum absolute atomic E-state index is 12.5. The summed E-state index contributed by atoms with van der Waals surface area (Å²) in [4.78, 5) is 35.0. The van der Waals surface area contributed by atoms with E-state index < -0.39 is 10.8 Å². The van der Waals surface area contributed by atoms with Gasteiger partial charge in [0.15, 0.2) is 0 Å². The number of nitrogens with one attached hydrogen (secondary N) is 2. The number of nitro benzene ring substituents is 1. The summed E-state index contributed by atoms with van der Waals surface area (Å²) in [5, 5.41) is 16.4. The third-order valence-electron chi connectivity index (χ3n) is 4.32. The van der Waals surface area contributed by atoms with E-state index in [1.165, 1.54) is 12.1 Å². The zero-order valence-electron chi connectivity index (χ0n) is 15.7. The lowest BCUT2D eigenvalue weighted by molar-refractivity contribution is -0.384. The van der Waals surface area contributed by atoms with Crippen molar-refractivity contribution in [3.8, 4) is 0 Å². The maximum Gasteiger partial charge on any atom is 0.271 e. The van der Waals surface area contributed by atoms with Crippen molar-refractivity contribution in [3.63, 3.8) is 0 Å². The van der Waals surface area contributed by atoms with Gasteiger partial charge < -0.3 is 10.6 Å². The monoisotopic (exact) mass is 389 g/mol. The summed E-state index contributed by atoms with van der Waals surface area (Å²) in [6.45, 7) is 1.75. The molecule has 0 unspecified atom stereocenters. The van der Waals surface area contributed by atoms with Gasteiger partial charge in [-0.25, -0.2) is 0 Å². The summed E-state index contributed by atoms with van der Waals surface area (Å²) in [5.74, 6) is -0.545. The fraction of sp³-hybridized carbons (Fsp3) is 0.0909. The molecule has 0 heterocycles. The van der Waals surface area contributed by atoms with Crippen LogP contribution in [0.15, 0.2) is 72.8 Å². The summed E-state index contributed by atoms with van der Waals surface area (Å²) < 4.78 is 0. The molecule has 0 saturated carbocycles. The van der Waals surface area contributed by atoms with Gasteiger partial charge in [-0.05, 0) is 42.3 Å². The number of non-ortho nitro benzene ring substituents is 1. The van der Waals surface area contributed by atoms with Crippen LogP contribution in [0.3, 0.4) is 0 Å². The minimum absolute atomic E-state index is 0.0950. The Morgan fingerprint density at radius 3 is 2.28 bits per heavy atom. The van der Waals surface area contributed by atoms with Gasteiger partial charge in [0.25, 0.3) is 11.6 Å². The summed E-state index contributed by atoms with van der Waals surface area (Å²) in [7, 11) is 0. The molecule has 0 spiro atoms. The SMILES string of the molecule is Cc1ccc([N+](=O)[O-])cc1NC(=O)c1ccc(NC(=O)Cc2ccccc2)cc1. The lowest BCUT2D eigenvalue weighted by Gasteiger charge is -2.09. The molecule has 0 aliphatic rings. The highest BCUT2D eigenvalue weighted by Crippen LogP contribution is 2.22. The molecule has 7 heteroatoms. The Morgan fingerprint density at radius 2 is 1.62 bits per heavy atom. The van der Waals surface area contributed by atoms with Crippen LogP contribution < -0.4 is 10.6 Å². The van der Waals surface area contributed by atoms with E-state index >= 15 is 0 Å². The fourth-order valence-electron chi connectivity index (χ4n) is 2.74. The Bertz CT molecular complexity index is 1050. The molecule has 0 fully saturated rings. The van der Waals surface area contributed by atoms with Crippen LogP contribution in [-0.2, 0) is 11.2 Å². The first-order valence-corrected chi connectivity index (χ1v) is 8.92. The summed E-state index contributed by atoms with van der Waals surface area (Å²) in [6, 6.07) is 20.1. The largest absolute Gasteiger partial charge is 0.326 e. The van der Waals surface area contributed by atoms with Crippen molar-refractivity contribution in [3.05, 3.63) is 99.6 Å². The van der Waals surface area contributed by atoms with Gasteiger partial charge >= 0.3 is 0 Å². The zero-order chi connectivity index (χ0) is 20.8. The Morgan fingerprint density at radius 1 is 0.931 bits per heavy atom. The number of hydrogen-bond donors (Lipinski definition) is 2. The van der Waals surface area contributed by atoms with Crippen LogP contribution in [0.1, 0.15) is 21.5 Å². The normalized spacial score (nSPS) is 10.2. The number of anilines is 2. The molecule has 29 heavy (non-hydrogen) atoms. The van der Waals surface area contributed by atoms with Gasteiger partial charge in [0.1, 0.15) is 0 Å². The van der Waals surface area contributed by atoms with Crippen LogP contribution in [0.25, 0.3) is 0 Å². The lowest BCUT2D eigenvalue weighted by atomic mass is 10.1. The van der Waals surface area contributed by atoms with Gasteiger partial charge in [0.05, 0.1) is 17.0 Å². The van der Waals surface area contributed by atoms with E-state index in [0.29, 0.717) is 22.5 Å². The van der Waals surface area contributed by atoms with Crippen molar-refractivity contribution in [1.29, 1.82) is 0 Å². The number of carbonyl (C=O) groups excluding carboxylic acids is 2. The molecule has 3 aromatic rings. The smallest absolute Gasteiger partial charge is 0.271 e. The topological polar surface area (TPSA) is 101 Å². The first-order valence-electron chi connectivity index (χ1n) is 8.92. The van der Waals surface area contributed by atoms with E-state index in [2.05, 4.69) is 10.6 Å². The summed E-state index contributed by atoms with van der Waals surface area (Å²) in [6.07, 6.45) is 0.259. The quantitative estimate of drug-likeness (QED) is 0.484. The van der Waals surface area contributed by atoms with E-state index in [-0.39, 0.29) is 18.0 Å². The third kappa shape index (κ3) is 5.26. The highest BCUT2D eigenvalue weighted by atomic mass is 16.6. The Kier molecular flexibility index (Phi) is 5.99. The summed E-state index contributed by atoms with van der Waals surface area (Å²) >= 11 is 0. The van der Waals surface area contributed by atoms with Crippen LogP contribution in [0, 0.1) is 17.0 Å². The standard InChI is InChI=1S/C22H19N3O4/c1-15-7-12-19(25(28)29)14-20(15)24-22(27)17-8-10-18(11-9-17)23-21(26)13-16-5-3-2-4-6-16/h2-12,14H,13H2,1H3,(H,23,26)(H,24,27). The van der Waals surface area contributed by atoms with Gasteiger partial charge in [-0.1, -0.05) is 36.4 Å². The number of aryl methyl sites for hydroxylation is 1. The second-order valence-corrected chi connectivity index (χ2v) is 6.50. The first-order chi connectivity index (χ1) is 13.9. The highest BCUT2D eigenvalue weighted by molar-refractivity contribution is 6.05. The lowest BCUT2D eigenvalue weighted by Crippen LogP contribution is -2.15. The van der Waals surface area contributed by atoms with Crippen molar-refractivity contribution in [2.45, 2.75) is 13.3 Å². The zero-order valence-corrected chi connectivity index (χ0v) is 15.7. The number of hydrogen-bond acceptors (Lipinski definition) is 4. The second kappa shape index (κ2) is 8.79. The van der Waals surface area contributed by atoms with E-state index in [4.69, 9.17) is 0 Å². The van der Waals surface area contributed by atoms with Gasteiger partial charge in [0, 0.05) is 23.4 Å². The number of amides is 2. The van der Waals surface area contributed by atoms with Gasteiger partial charge in [-0.3, -0.25) is 19.7 Å². The number of nitrogens with zero attached hydrogens (tertiary/aromatic N) is 1. The van der Waals surface area contributed by atoms with Crippen molar-refractivity contribution in [2.75, 3.05) is 10.6 Å². The fourth-order valence-corrected chi connectivity index (χ4v) is 2.74. The van der Waals surface area contributed by atoms with E-state index in [0.717, 1.165) is 5.56 Å². The molecule has 0 radical (unpaired) electrons. The predicted octanol–water partition coefficient (Wildman–Crippen LogP) is 4.34. The van der Waals surface area contributed by atoms with Gasteiger partial charge in [0.2, 0.25) is 5.91 Å². The minimum Gasteiger partial charge on any atom is -0.326 e. The summed E-state index contributed by atoms with van der Waals surface area (Å²) in [5.41, 5.74) is 2.86.